The van der Waals surface area contributed by atoms with Crippen molar-refractivity contribution in [1.29, 1.82) is 0 Å². The van der Waals surface area contributed by atoms with E-state index in [-0.39, 0.29) is 0 Å². The SMILES string of the molecule is c1cc(-c2[nH]nc3[n+]2CCN3)ccn1. The van der Waals surface area contributed by atoms with Gasteiger partial charge in [-0.2, -0.15) is 5.10 Å². The Labute approximate surface area is 80.8 Å². The summed E-state index contributed by atoms with van der Waals surface area (Å²) in [5.41, 5.74) is 1.11. The number of H-pyrrole nitrogens is 1. The highest BCUT2D eigenvalue weighted by molar-refractivity contribution is 5.51. The summed E-state index contributed by atoms with van der Waals surface area (Å²) in [6.45, 7) is 1.92. The van der Waals surface area contributed by atoms with E-state index in [1.165, 1.54) is 0 Å². The van der Waals surface area contributed by atoms with Gasteiger partial charge in [0.2, 0.25) is 5.82 Å². The zero-order valence-corrected chi connectivity index (χ0v) is 7.57. The molecule has 0 fully saturated rings. The van der Waals surface area contributed by atoms with Crippen LogP contribution >= 0.6 is 0 Å². The molecule has 0 spiro atoms. The van der Waals surface area contributed by atoms with Gasteiger partial charge in [-0.3, -0.25) is 10.3 Å². The van der Waals surface area contributed by atoms with Gasteiger partial charge in [0.05, 0.1) is 13.1 Å². The van der Waals surface area contributed by atoms with E-state index in [9.17, 15) is 0 Å². The quantitative estimate of drug-likeness (QED) is 0.628. The van der Waals surface area contributed by atoms with Crippen LogP contribution in [0, 0.1) is 0 Å². The zero-order valence-electron chi connectivity index (χ0n) is 7.57. The second-order valence-corrected chi connectivity index (χ2v) is 3.21. The highest BCUT2D eigenvalue weighted by Gasteiger charge is 2.24. The third-order valence-electron chi connectivity index (χ3n) is 2.37. The Kier molecular flexibility index (Phi) is 1.50. The van der Waals surface area contributed by atoms with Gasteiger partial charge in [-0.15, -0.1) is 0 Å². The molecule has 0 saturated heterocycles. The number of hydrogen-bond acceptors (Lipinski definition) is 3. The minimum Gasteiger partial charge on any atom is -0.289 e. The lowest BCUT2D eigenvalue weighted by atomic mass is 10.2. The van der Waals surface area contributed by atoms with E-state index >= 15 is 0 Å². The fraction of sp³-hybridized carbons (Fsp3) is 0.222. The van der Waals surface area contributed by atoms with Crippen LogP contribution in [0.1, 0.15) is 0 Å². The summed E-state index contributed by atoms with van der Waals surface area (Å²) in [7, 11) is 0. The summed E-state index contributed by atoms with van der Waals surface area (Å²) in [6, 6.07) is 3.94. The standard InChI is InChI=1S/C9H9N5/c1-3-10-4-2-7(1)8-12-13-9-11-5-6-14(8)9/h1-4H,5-6H2,(H,10,11,13)/p+1. The predicted octanol–water partition coefficient (Wildman–Crippen LogP) is 0.185. The van der Waals surface area contributed by atoms with Crippen molar-refractivity contribution in [2.75, 3.05) is 11.9 Å². The van der Waals surface area contributed by atoms with Gasteiger partial charge < -0.3 is 0 Å². The summed E-state index contributed by atoms with van der Waals surface area (Å²) in [5.74, 6) is 1.95. The predicted molar refractivity (Wildman–Crippen MR) is 50.5 cm³/mol. The molecule has 3 heterocycles. The Bertz CT molecular complexity index is 447. The molecule has 0 amide bonds. The number of aromatic nitrogens is 4. The van der Waals surface area contributed by atoms with E-state index < -0.39 is 0 Å². The van der Waals surface area contributed by atoms with Crippen LogP contribution < -0.4 is 9.88 Å². The van der Waals surface area contributed by atoms with E-state index in [1.807, 2.05) is 12.1 Å². The fourth-order valence-electron chi connectivity index (χ4n) is 1.69. The van der Waals surface area contributed by atoms with Gasteiger partial charge in [0.1, 0.15) is 0 Å². The van der Waals surface area contributed by atoms with E-state index in [4.69, 9.17) is 0 Å². The molecule has 2 aromatic rings. The number of aromatic amines is 1. The fourth-order valence-corrected chi connectivity index (χ4v) is 1.69. The summed E-state index contributed by atoms with van der Waals surface area (Å²) in [6.07, 6.45) is 3.57. The van der Waals surface area contributed by atoms with Crippen molar-refractivity contribution in [3.8, 4) is 11.4 Å². The Morgan fingerprint density at radius 2 is 2.14 bits per heavy atom. The molecule has 70 valence electrons. The minimum absolute atomic E-state index is 0.914. The zero-order chi connectivity index (χ0) is 9.38. The van der Waals surface area contributed by atoms with Gasteiger partial charge in [-0.05, 0) is 12.1 Å². The summed E-state index contributed by atoms with van der Waals surface area (Å²) in [4.78, 5) is 3.99. The molecule has 1 aliphatic rings. The minimum atomic E-state index is 0.914. The van der Waals surface area contributed by atoms with Crippen LogP contribution in [0.3, 0.4) is 0 Å². The Hall–Kier alpha value is -1.91. The molecule has 0 aromatic carbocycles. The van der Waals surface area contributed by atoms with Crippen molar-refractivity contribution in [2.24, 2.45) is 0 Å². The molecule has 0 radical (unpaired) electrons. The normalized spacial score (nSPS) is 13.7. The Morgan fingerprint density at radius 1 is 1.29 bits per heavy atom. The molecule has 1 aliphatic heterocycles. The van der Waals surface area contributed by atoms with Gasteiger partial charge in [-0.1, -0.05) is 0 Å². The topological polar surface area (TPSA) is 57.5 Å². The van der Waals surface area contributed by atoms with E-state index in [2.05, 4.69) is 25.1 Å². The first-order valence-electron chi connectivity index (χ1n) is 4.57. The van der Waals surface area contributed by atoms with Crippen molar-refractivity contribution in [3.05, 3.63) is 24.5 Å². The highest BCUT2D eigenvalue weighted by atomic mass is 15.4. The first-order valence-corrected chi connectivity index (χ1v) is 4.57. The monoisotopic (exact) mass is 188 g/mol. The Morgan fingerprint density at radius 3 is 3.00 bits per heavy atom. The molecule has 5 heteroatoms. The van der Waals surface area contributed by atoms with Crippen LogP contribution in [-0.4, -0.2) is 21.7 Å². The first kappa shape index (κ1) is 7.49. The molecular formula is C9H10N5+. The summed E-state index contributed by atoms with van der Waals surface area (Å²) >= 11 is 0. The van der Waals surface area contributed by atoms with Crippen molar-refractivity contribution in [3.63, 3.8) is 0 Å². The smallest absolute Gasteiger partial charge is 0.289 e. The van der Waals surface area contributed by atoms with Crippen LogP contribution in [0.25, 0.3) is 11.4 Å². The number of nitrogens with zero attached hydrogens (tertiary/aromatic N) is 3. The van der Waals surface area contributed by atoms with E-state index in [1.54, 1.807) is 12.4 Å². The maximum atomic E-state index is 4.18. The van der Waals surface area contributed by atoms with Crippen molar-refractivity contribution in [2.45, 2.75) is 6.54 Å². The van der Waals surface area contributed by atoms with Gasteiger partial charge in [0.15, 0.2) is 0 Å². The number of anilines is 1. The molecule has 2 N–H and O–H groups in total. The third-order valence-corrected chi connectivity index (χ3v) is 2.37. The van der Waals surface area contributed by atoms with E-state index in [0.29, 0.717) is 0 Å². The van der Waals surface area contributed by atoms with Gasteiger partial charge in [0, 0.05) is 23.1 Å². The largest absolute Gasteiger partial charge is 0.378 e. The number of rotatable bonds is 1. The van der Waals surface area contributed by atoms with Crippen LogP contribution in [0.4, 0.5) is 5.95 Å². The van der Waals surface area contributed by atoms with Crippen molar-refractivity contribution in [1.82, 2.24) is 15.2 Å². The molecule has 0 unspecified atom stereocenters. The molecular weight excluding hydrogens is 178 g/mol. The number of fused-ring (bicyclic) bond motifs is 1. The van der Waals surface area contributed by atoms with Gasteiger partial charge >= 0.3 is 5.95 Å². The van der Waals surface area contributed by atoms with Crippen LogP contribution in [0.5, 0.6) is 0 Å². The average Bonchev–Trinajstić information content (AvgIpc) is 2.79. The van der Waals surface area contributed by atoms with Crippen LogP contribution in [-0.2, 0) is 6.54 Å². The summed E-state index contributed by atoms with van der Waals surface area (Å²) < 4.78 is 2.13. The summed E-state index contributed by atoms with van der Waals surface area (Å²) in [5, 5.41) is 10.4. The first-order chi connectivity index (χ1) is 6.95. The second kappa shape index (κ2) is 2.80. The molecule has 2 aromatic heterocycles. The molecule has 14 heavy (non-hydrogen) atoms. The van der Waals surface area contributed by atoms with Crippen molar-refractivity contribution >= 4 is 5.95 Å². The van der Waals surface area contributed by atoms with Gasteiger partial charge in [0.25, 0.3) is 0 Å². The van der Waals surface area contributed by atoms with Crippen molar-refractivity contribution < 1.29 is 4.57 Å². The molecule has 0 aliphatic carbocycles. The number of nitrogens with one attached hydrogen (secondary N) is 2. The Balaban J connectivity index is 2.13. The molecule has 3 rings (SSSR count). The van der Waals surface area contributed by atoms with E-state index in [0.717, 1.165) is 30.4 Å². The maximum absolute atomic E-state index is 4.18. The molecule has 0 atom stereocenters. The second-order valence-electron chi connectivity index (χ2n) is 3.21. The van der Waals surface area contributed by atoms with Gasteiger partial charge in [-0.25, -0.2) is 4.57 Å². The lowest BCUT2D eigenvalue weighted by molar-refractivity contribution is -0.659. The molecule has 5 nitrogen and oxygen atoms in total. The lowest BCUT2D eigenvalue weighted by Crippen LogP contribution is -2.31. The van der Waals surface area contributed by atoms with Crippen LogP contribution in [0.15, 0.2) is 24.5 Å². The number of hydrogen-bond donors (Lipinski definition) is 2. The highest BCUT2D eigenvalue weighted by Crippen LogP contribution is 2.14. The third kappa shape index (κ3) is 0.985. The molecule has 0 saturated carbocycles. The average molecular weight is 188 g/mol. The molecule has 0 bridgehead atoms. The van der Waals surface area contributed by atoms with Crippen LogP contribution in [0.2, 0.25) is 0 Å². The number of pyridine rings is 1. The maximum Gasteiger partial charge on any atom is 0.378 e. The lowest BCUT2D eigenvalue weighted by Gasteiger charge is -1.95.